The van der Waals surface area contributed by atoms with Gasteiger partial charge in [-0.1, -0.05) is 6.07 Å². The van der Waals surface area contributed by atoms with Gasteiger partial charge in [0.1, 0.15) is 5.60 Å². The van der Waals surface area contributed by atoms with E-state index in [1.54, 1.807) is 4.90 Å². The third kappa shape index (κ3) is 4.03. The summed E-state index contributed by atoms with van der Waals surface area (Å²) in [4.78, 5) is 16.0. The van der Waals surface area contributed by atoms with E-state index < -0.39 is 5.60 Å². The molecule has 1 heterocycles. The van der Waals surface area contributed by atoms with Crippen LogP contribution >= 0.6 is 0 Å². The van der Waals surface area contributed by atoms with Crippen LogP contribution in [0.25, 0.3) is 0 Å². The molecular formula is C16H25N3O2. The van der Waals surface area contributed by atoms with Crippen molar-refractivity contribution in [1.82, 2.24) is 4.90 Å². The van der Waals surface area contributed by atoms with Crippen molar-refractivity contribution in [3.8, 4) is 0 Å². The second-order valence-electron chi connectivity index (χ2n) is 6.50. The van der Waals surface area contributed by atoms with Crippen LogP contribution in [0.4, 0.5) is 16.2 Å². The summed E-state index contributed by atoms with van der Waals surface area (Å²) in [5.74, 6) is 0. The molecule has 1 aromatic rings. The first-order chi connectivity index (χ1) is 9.76. The molecule has 1 saturated heterocycles. The molecule has 2 rings (SSSR count). The van der Waals surface area contributed by atoms with Crippen LogP contribution in [0.15, 0.2) is 18.2 Å². The normalized spacial score (nSPS) is 16.0. The van der Waals surface area contributed by atoms with Gasteiger partial charge in [-0.25, -0.2) is 4.79 Å². The highest BCUT2D eigenvalue weighted by molar-refractivity contribution is 5.69. The van der Waals surface area contributed by atoms with Crippen molar-refractivity contribution < 1.29 is 9.53 Å². The Hall–Kier alpha value is -1.91. The Morgan fingerprint density at radius 3 is 2.33 bits per heavy atom. The average molecular weight is 291 g/mol. The minimum Gasteiger partial charge on any atom is -0.444 e. The fraction of sp³-hybridized carbons (Fsp3) is 0.562. The molecular weight excluding hydrogens is 266 g/mol. The second kappa shape index (κ2) is 5.84. The number of anilines is 2. The van der Waals surface area contributed by atoms with E-state index >= 15 is 0 Å². The zero-order chi connectivity index (χ0) is 15.6. The fourth-order valence-electron chi connectivity index (χ4n) is 2.30. The number of carbonyl (C=O) groups excluding carboxylic acids is 1. The number of nitrogens with zero attached hydrogens (tertiary/aromatic N) is 2. The zero-order valence-electron chi connectivity index (χ0n) is 13.3. The van der Waals surface area contributed by atoms with Gasteiger partial charge >= 0.3 is 6.09 Å². The monoisotopic (exact) mass is 291 g/mol. The predicted octanol–water partition coefficient (Wildman–Crippen LogP) is 2.63. The maximum Gasteiger partial charge on any atom is 0.410 e. The second-order valence-corrected chi connectivity index (χ2v) is 6.50. The van der Waals surface area contributed by atoms with Crippen LogP contribution in [0.1, 0.15) is 26.3 Å². The van der Waals surface area contributed by atoms with E-state index in [0.717, 1.165) is 30.0 Å². The summed E-state index contributed by atoms with van der Waals surface area (Å²) in [7, 11) is 0. The van der Waals surface area contributed by atoms with Crippen molar-refractivity contribution in [3.63, 3.8) is 0 Å². The number of carbonyl (C=O) groups is 1. The molecule has 5 nitrogen and oxygen atoms in total. The van der Waals surface area contributed by atoms with Gasteiger partial charge in [0.25, 0.3) is 0 Å². The van der Waals surface area contributed by atoms with Crippen LogP contribution in [-0.4, -0.2) is 42.8 Å². The molecule has 0 spiro atoms. The Morgan fingerprint density at radius 1 is 1.19 bits per heavy atom. The highest BCUT2D eigenvalue weighted by Gasteiger charge is 2.25. The summed E-state index contributed by atoms with van der Waals surface area (Å²) in [6, 6.07) is 6.11. The van der Waals surface area contributed by atoms with Crippen molar-refractivity contribution in [2.45, 2.75) is 33.3 Å². The van der Waals surface area contributed by atoms with Crippen molar-refractivity contribution in [3.05, 3.63) is 23.8 Å². The summed E-state index contributed by atoms with van der Waals surface area (Å²) in [6.07, 6.45) is -0.231. The van der Waals surface area contributed by atoms with E-state index in [4.69, 9.17) is 10.5 Å². The largest absolute Gasteiger partial charge is 0.444 e. The number of piperazine rings is 1. The predicted molar refractivity (Wildman–Crippen MR) is 85.6 cm³/mol. The van der Waals surface area contributed by atoms with Crippen LogP contribution in [0.2, 0.25) is 0 Å². The van der Waals surface area contributed by atoms with E-state index in [2.05, 4.69) is 11.0 Å². The number of amides is 1. The molecule has 1 fully saturated rings. The Bertz CT molecular complexity index is 515. The Morgan fingerprint density at radius 2 is 1.81 bits per heavy atom. The van der Waals surface area contributed by atoms with Gasteiger partial charge in [0.05, 0.1) is 0 Å². The van der Waals surface area contributed by atoms with Gasteiger partial charge in [-0.15, -0.1) is 0 Å². The molecule has 116 valence electrons. The molecule has 0 saturated carbocycles. The standard InChI is InChI=1S/C16H25N3O2/c1-12-5-6-13(11-14(12)17)18-7-9-19(10-8-18)15(20)21-16(2,3)4/h5-6,11H,7-10,17H2,1-4H3. The maximum absolute atomic E-state index is 12.0. The lowest BCUT2D eigenvalue weighted by atomic mass is 10.1. The van der Waals surface area contributed by atoms with Gasteiger partial charge in [-0.3, -0.25) is 0 Å². The van der Waals surface area contributed by atoms with Crippen molar-refractivity contribution in [2.24, 2.45) is 0 Å². The van der Waals surface area contributed by atoms with Crippen LogP contribution in [0.3, 0.4) is 0 Å². The third-order valence-corrected chi connectivity index (χ3v) is 3.56. The van der Waals surface area contributed by atoms with Crippen LogP contribution < -0.4 is 10.6 Å². The van der Waals surface area contributed by atoms with Gasteiger partial charge in [-0.2, -0.15) is 0 Å². The summed E-state index contributed by atoms with van der Waals surface area (Å²) in [6.45, 7) is 10.6. The Kier molecular flexibility index (Phi) is 4.30. The molecule has 0 aliphatic carbocycles. The lowest BCUT2D eigenvalue weighted by molar-refractivity contribution is 0.0240. The molecule has 0 radical (unpaired) electrons. The lowest BCUT2D eigenvalue weighted by Crippen LogP contribution is -2.50. The molecule has 1 aromatic carbocycles. The minimum absolute atomic E-state index is 0.231. The van der Waals surface area contributed by atoms with E-state index in [-0.39, 0.29) is 6.09 Å². The third-order valence-electron chi connectivity index (χ3n) is 3.56. The summed E-state index contributed by atoms with van der Waals surface area (Å²) >= 11 is 0. The van der Waals surface area contributed by atoms with Crippen molar-refractivity contribution in [2.75, 3.05) is 36.8 Å². The number of hydrogen-bond donors (Lipinski definition) is 1. The number of ether oxygens (including phenoxy) is 1. The molecule has 0 atom stereocenters. The van der Waals surface area contributed by atoms with Gasteiger partial charge in [-0.05, 0) is 45.4 Å². The first-order valence-corrected chi connectivity index (χ1v) is 7.35. The van der Waals surface area contributed by atoms with Crippen LogP contribution in [-0.2, 0) is 4.74 Å². The SMILES string of the molecule is Cc1ccc(N2CCN(C(=O)OC(C)(C)C)CC2)cc1N. The average Bonchev–Trinajstić information content (AvgIpc) is 2.40. The topological polar surface area (TPSA) is 58.8 Å². The fourth-order valence-corrected chi connectivity index (χ4v) is 2.30. The molecule has 1 aliphatic heterocycles. The maximum atomic E-state index is 12.0. The van der Waals surface area contributed by atoms with Crippen LogP contribution in [0, 0.1) is 6.92 Å². The van der Waals surface area contributed by atoms with Gasteiger partial charge in [0.2, 0.25) is 0 Å². The number of aryl methyl sites for hydroxylation is 1. The number of nitrogens with two attached hydrogens (primary N) is 1. The minimum atomic E-state index is -0.445. The van der Waals surface area contributed by atoms with Crippen molar-refractivity contribution in [1.29, 1.82) is 0 Å². The molecule has 21 heavy (non-hydrogen) atoms. The quantitative estimate of drug-likeness (QED) is 0.808. The number of benzene rings is 1. The molecule has 1 amide bonds. The molecule has 2 N–H and O–H groups in total. The summed E-state index contributed by atoms with van der Waals surface area (Å²) in [5, 5.41) is 0. The smallest absolute Gasteiger partial charge is 0.410 e. The molecule has 0 bridgehead atoms. The van der Waals surface area contributed by atoms with E-state index in [9.17, 15) is 4.79 Å². The summed E-state index contributed by atoms with van der Waals surface area (Å²) in [5.41, 5.74) is 8.53. The van der Waals surface area contributed by atoms with E-state index in [0.29, 0.717) is 13.1 Å². The van der Waals surface area contributed by atoms with Gasteiger partial charge < -0.3 is 20.3 Å². The van der Waals surface area contributed by atoms with E-state index in [1.807, 2.05) is 39.8 Å². The number of rotatable bonds is 1. The van der Waals surface area contributed by atoms with E-state index in [1.165, 1.54) is 0 Å². The highest BCUT2D eigenvalue weighted by Crippen LogP contribution is 2.22. The van der Waals surface area contributed by atoms with Crippen molar-refractivity contribution >= 4 is 17.5 Å². The molecule has 0 aromatic heterocycles. The highest BCUT2D eigenvalue weighted by atomic mass is 16.6. The number of hydrogen-bond acceptors (Lipinski definition) is 4. The lowest BCUT2D eigenvalue weighted by Gasteiger charge is -2.36. The van der Waals surface area contributed by atoms with Gasteiger partial charge in [0, 0.05) is 37.6 Å². The molecule has 0 unspecified atom stereocenters. The summed E-state index contributed by atoms with van der Waals surface area (Å²) < 4.78 is 5.40. The molecule has 1 aliphatic rings. The zero-order valence-corrected chi connectivity index (χ0v) is 13.3. The van der Waals surface area contributed by atoms with Crippen LogP contribution in [0.5, 0.6) is 0 Å². The first-order valence-electron chi connectivity index (χ1n) is 7.35. The molecule has 5 heteroatoms. The number of nitrogen functional groups attached to an aromatic ring is 1. The first kappa shape index (κ1) is 15.5. The van der Waals surface area contributed by atoms with Gasteiger partial charge in [0.15, 0.2) is 0 Å². The Balaban J connectivity index is 1.94. The Labute approximate surface area is 126 Å².